The summed E-state index contributed by atoms with van der Waals surface area (Å²) in [7, 11) is 0. The Balaban J connectivity index is 2.08. The molecule has 0 aliphatic carbocycles. The summed E-state index contributed by atoms with van der Waals surface area (Å²) in [4.78, 5) is 14.3. The highest BCUT2D eigenvalue weighted by atomic mass is 16.6. The molecular weight excluding hydrogens is 276 g/mol. The van der Waals surface area contributed by atoms with Gasteiger partial charge in [0.2, 0.25) is 0 Å². The summed E-state index contributed by atoms with van der Waals surface area (Å²) in [6, 6.07) is 8.43. The molecule has 1 saturated heterocycles. The number of piperidine rings is 1. The van der Waals surface area contributed by atoms with Crippen LogP contribution in [-0.4, -0.2) is 28.7 Å². The highest BCUT2D eigenvalue weighted by Gasteiger charge is 2.36. The first-order chi connectivity index (χ1) is 10.2. The van der Waals surface area contributed by atoms with Crippen molar-refractivity contribution >= 4 is 11.8 Å². The highest BCUT2D eigenvalue weighted by Crippen LogP contribution is 2.36. The second kappa shape index (κ2) is 6.19. The van der Waals surface area contributed by atoms with Crippen LogP contribution in [0.15, 0.2) is 24.3 Å². The van der Waals surface area contributed by atoms with Crippen molar-refractivity contribution in [2.24, 2.45) is 0 Å². The predicted octanol–water partition coefficient (Wildman–Crippen LogP) is 4.16. The highest BCUT2D eigenvalue weighted by molar-refractivity contribution is 5.69. The number of rotatable bonds is 1. The van der Waals surface area contributed by atoms with Crippen LogP contribution in [0.2, 0.25) is 0 Å². The van der Waals surface area contributed by atoms with Crippen molar-refractivity contribution in [1.82, 2.24) is 4.90 Å². The van der Waals surface area contributed by atoms with E-state index in [0.29, 0.717) is 5.92 Å². The lowest BCUT2D eigenvalue weighted by Gasteiger charge is -2.43. The van der Waals surface area contributed by atoms with Crippen molar-refractivity contribution in [2.75, 3.05) is 5.73 Å². The van der Waals surface area contributed by atoms with Gasteiger partial charge in [0, 0.05) is 17.8 Å². The van der Waals surface area contributed by atoms with Crippen LogP contribution in [0.1, 0.15) is 58.9 Å². The molecule has 0 radical (unpaired) electrons. The molecule has 0 bridgehead atoms. The van der Waals surface area contributed by atoms with Crippen LogP contribution in [0.3, 0.4) is 0 Å². The van der Waals surface area contributed by atoms with Crippen molar-refractivity contribution in [3.8, 4) is 0 Å². The maximum Gasteiger partial charge on any atom is 0.410 e. The van der Waals surface area contributed by atoms with E-state index >= 15 is 0 Å². The average molecular weight is 304 g/mol. The third kappa shape index (κ3) is 3.93. The van der Waals surface area contributed by atoms with E-state index in [4.69, 9.17) is 10.5 Å². The Bertz CT molecular complexity index is 507. The van der Waals surface area contributed by atoms with Gasteiger partial charge in [-0.3, -0.25) is 0 Å². The topological polar surface area (TPSA) is 55.6 Å². The number of nitrogen functional groups attached to an aromatic ring is 1. The minimum Gasteiger partial charge on any atom is -0.444 e. The number of nitrogens with two attached hydrogens (primary N) is 1. The molecule has 0 aromatic heterocycles. The summed E-state index contributed by atoms with van der Waals surface area (Å²) in [5.74, 6) is 0.462. The van der Waals surface area contributed by atoms with E-state index in [0.717, 1.165) is 18.5 Å². The van der Waals surface area contributed by atoms with Crippen LogP contribution in [0, 0.1) is 0 Å². The van der Waals surface area contributed by atoms with Crippen molar-refractivity contribution in [2.45, 2.75) is 71.1 Å². The van der Waals surface area contributed by atoms with Gasteiger partial charge in [-0.05, 0) is 71.1 Å². The molecule has 4 nitrogen and oxygen atoms in total. The molecule has 1 heterocycles. The van der Waals surface area contributed by atoms with Gasteiger partial charge in [-0.25, -0.2) is 4.79 Å². The molecule has 1 fully saturated rings. The van der Waals surface area contributed by atoms with E-state index in [1.807, 2.05) is 37.8 Å². The lowest BCUT2D eigenvalue weighted by atomic mass is 9.82. The van der Waals surface area contributed by atoms with Gasteiger partial charge in [-0.2, -0.15) is 0 Å². The zero-order chi connectivity index (χ0) is 16.5. The molecule has 22 heavy (non-hydrogen) atoms. The van der Waals surface area contributed by atoms with Crippen LogP contribution in [-0.2, 0) is 4.74 Å². The first-order valence-electron chi connectivity index (χ1n) is 8.04. The SMILES string of the molecule is CC1CC(c2ccc(N)cc2)C[C@H](C)N1C(=O)OC(C)(C)C. The minimum atomic E-state index is -0.454. The van der Waals surface area contributed by atoms with E-state index in [9.17, 15) is 4.79 Å². The molecule has 1 aromatic carbocycles. The number of benzene rings is 1. The molecule has 0 spiro atoms. The fourth-order valence-electron chi connectivity index (χ4n) is 3.30. The molecular formula is C18H28N2O2. The Labute approximate surface area is 133 Å². The third-order valence-corrected chi connectivity index (χ3v) is 4.21. The molecule has 1 aromatic rings. The molecule has 2 N–H and O–H groups in total. The van der Waals surface area contributed by atoms with Gasteiger partial charge in [-0.15, -0.1) is 0 Å². The number of carbonyl (C=O) groups is 1. The van der Waals surface area contributed by atoms with Gasteiger partial charge in [0.1, 0.15) is 5.60 Å². The Kier molecular flexibility index (Phi) is 4.69. The van der Waals surface area contributed by atoms with Crippen molar-refractivity contribution < 1.29 is 9.53 Å². The van der Waals surface area contributed by atoms with Crippen LogP contribution in [0.5, 0.6) is 0 Å². The number of ether oxygens (including phenoxy) is 1. The zero-order valence-corrected chi connectivity index (χ0v) is 14.3. The molecule has 2 unspecified atom stereocenters. The van der Waals surface area contributed by atoms with Gasteiger partial charge < -0.3 is 15.4 Å². The normalized spacial score (nSPS) is 25.9. The van der Waals surface area contributed by atoms with Gasteiger partial charge in [-0.1, -0.05) is 12.1 Å². The average Bonchev–Trinajstić information content (AvgIpc) is 2.36. The molecule has 122 valence electrons. The van der Waals surface area contributed by atoms with Crippen molar-refractivity contribution in [1.29, 1.82) is 0 Å². The first kappa shape index (κ1) is 16.7. The lowest BCUT2D eigenvalue weighted by molar-refractivity contribution is -0.00254. The van der Waals surface area contributed by atoms with E-state index in [-0.39, 0.29) is 18.2 Å². The zero-order valence-electron chi connectivity index (χ0n) is 14.3. The Morgan fingerprint density at radius 3 is 2.09 bits per heavy atom. The summed E-state index contributed by atoms with van der Waals surface area (Å²) < 4.78 is 5.55. The smallest absolute Gasteiger partial charge is 0.410 e. The second-order valence-corrected chi connectivity index (χ2v) is 7.42. The molecule has 0 saturated carbocycles. The Morgan fingerprint density at radius 1 is 1.14 bits per heavy atom. The number of carbonyl (C=O) groups excluding carboxylic acids is 1. The van der Waals surface area contributed by atoms with Gasteiger partial charge in [0.05, 0.1) is 0 Å². The standard InChI is InChI=1S/C18H28N2O2/c1-12-10-15(14-6-8-16(19)9-7-14)11-13(2)20(12)17(21)22-18(3,4)5/h6-9,12-13,15H,10-11,19H2,1-5H3/t12-,13?,15?/m0/s1. The van der Waals surface area contributed by atoms with E-state index in [1.54, 1.807) is 0 Å². The number of likely N-dealkylation sites (tertiary alicyclic amines) is 1. The summed E-state index contributed by atoms with van der Waals surface area (Å²) in [5.41, 5.74) is 7.40. The fourth-order valence-corrected chi connectivity index (χ4v) is 3.30. The predicted molar refractivity (Wildman–Crippen MR) is 89.8 cm³/mol. The van der Waals surface area contributed by atoms with Crippen LogP contribution < -0.4 is 5.73 Å². The number of nitrogens with zero attached hydrogens (tertiary/aromatic N) is 1. The maximum atomic E-state index is 12.4. The molecule has 4 heteroatoms. The van der Waals surface area contributed by atoms with Crippen LogP contribution in [0.25, 0.3) is 0 Å². The number of amides is 1. The van der Waals surface area contributed by atoms with E-state index in [1.165, 1.54) is 5.56 Å². The second-order valence-electron chi connectivity index (χ2n) is 7.42. The Morgan fingerprint density at radius 2 is 1.64 bits per heavy atom. The lowest BCUT2D eigenvalue weighted by Crippen LogP contribution is -2.51. The molecule has 1 aliphatic heterocycles. The van der Waals surface area contributed by atoms with Crippen molar-refractivity contribution in [3.05, 3.63) is 29.8 Å². The largest absolute Gasteiger partial charge is 0.444 e. The molecule has 1 amide bonds. The van der Waals surface area contributed by atoms with Crippen LogP contribution >= 0.6 is 0 Å². The fraction of sp³-hybridized carbons (Fsp3) is 0.611. The maximum absolute atomic E-state index is 12.4. The number of hydrogen-bond donors (Lipinski definition) is 1. The van der Waals surface area contributed by atoms with Crippen molar-refractivity contribution in [3.63, 3.8) is 0 Å². The minimum absolute atomic E-state index is 0.168. The summed E-state index contributed by atoms with van der Waals surface area (Å²) in [5, 5.41) is 0. The van der Waals surface area contributed by atoms with Gasteiger partial charge in [0.15, 0.2) is 0 Å². The summed E-state index contributed by atoms with van der Waals surface area (Å²) in [6.07, 6.45) is 1.70. The molecule has 1 aliphatic rings. The molecule has 3 atom stereocenters. The summed E-state index contributed by atoms with van der Waals surface area (Å²) in [6.45, 7) is 9.91. The Hall–Kier alpha value is -1.71. The van der Waals surface area contributed by atoms with E-state index < -0.39 is 5.60 Å². The van der Waals surface area contributed by atoms with Gasteiger partial charge >= 0.3 is 6.09 Å². The quantitative estimate of drug-likeness (QED) is 0.793. The van der Waals surface area contributed by atoms with Gasteiger partial charge in [0.25, 0.3) is 0 Å². The van der Waals surface area contributed by atoms with E-state index in [2.05, 4.69) is 26.0 Å². The first-order valence-corrected chi connectivity index (χ1v) is 8.04. The van der Waals surface area contributed by atoms with Crippen LogP contribution in [0.4, 0.5) is 10.5 Å². The monoisotopic (exact) mass is 304 g/mol. The summed E-state index contributed by atoms with van der Waals surface area (Å²) >= 11 is 0. The molecule has 2 rings (SSSR count). The number of hydrogen-bond acceptors (Lipinski definition) is 3. The number of anilines is 1. The third-order valence-electron chi connectivity index (χ3n) is 4.21.